The highest BCUT2D eigenvalue weighted by Gasteiger charge is 2.20. The molecule has 0 aliphatic heterocycles. The lowest BCUT2D eigenvalue weighted by Crippen LogP contribution is -2.16. The van der Waals surface area contributed by atoms with Crippen LogP contribution in [0.1, 0.15) is 49.1 Å². The molecule has 2 aromatic rings. The standard InChI is InChI=1S/C17H22N2/c1-2-6-17-18-11-12-19(17)13-15-9-5-8-14-7-3-4-10-16(14)15/h3-4,7,10-12,15H,2,5-6,8-9,13H2,1H3. The predicted octanol–water partition coefficient (Wildman–Crippen LogP) is 3.96. The first-order chi connectivity index (χ1) is 9.38. The fourth-order valence-corrected chi connectivity index (χ4v) is 3.24. The van der Waals surface area contributed by atoms with E-state index in [0.29, 0.717) is 5.92 Å². The van der Waals surface area contributed by atoms with Crippen LogP contribution in [0.4, 0.5) is 0 Å². The summed E-state index contributed by atoms with van der Waals surface area (Å²) in [5.74, 6) is 1.90. The van der Waals surface area contributed by atoms with Crippen molar-refractivity contribution in [1.29, 1.82) is 0 Å². The molecule has 0 N–H and O–H groups in total. The van der Waals surface area contributed by atoms with Crippen molar-refractivity contribution in [2.45, 2.75) is 51.5 Å². The van der Waals surface area contributed by atoms with E-state index in [1.807, 2.05) is 6.20 Å². The van der Waals surface area contributed by atoms with Crippen molar-refractivity contribution < 1.29 is 0 Å². The molecule has 1 aliphatic rings. The molecule has 0 fully saturated rings. The molecule has 1 aliphatic carbocycles. The van der Waals surface area contributed by atoms with Gasteiger partial charge in [0.25, 0.3) is 0 Å². The molecule has 0 saturated heterocycles. The van der Waals surface area contributed by atoms with E-state index in [0.717, 1.165) is 19.4 Å². The third kappa shape index (κ3) is 2.58. The number of nitrogens with zero attached hydrogens (tertiary/aromatic N) is 2. The summed E-state index contributed by atoms with van der Waals surface area (Å²) in [4.78, 5) is 4.49. The minimum Gasteiger partial charge on any atom is -0.334 e. The van der Waals surface area contributed by atoms with Crippen molar-refractivity contribution in [1.82, 2.24) is 9.55 Å². The maximum atomic E-state index is 4.49. The van der Waals surface area contributed by atoms with Gasteiger partial charge in [-0.15, -0.1) is 0 Å². The number of benzene rings is 1. The van der Waals surface area contributed by atoms with Gasteiger partial charge in [0.1, 0.15) is 5.82 Å². The van der Waals surface area contributed by atoms with Gasteiger partial charge in [0.05, 0.1) is 0 Å². The van der Waals surface area contributed by atoms with Crippen molar-refractivity contribution in [2.24, 2.45) is 0 Å². The van der Waals surface area contributed by atoms with E-state index in [2.05, 4.69) is 46.9 Å². The third-order valence-electron chi connectivity index (χ3n) is 4.19. The largest absolute Gasteiger partial charge is 0.334 e. The molecule has 19 heavy (non-hydrogen) atoms. The van der Waals surface area contributed by atoms with E-state index in [4.69, 9.17) is 0 Å². The molecule has 1 atom stereocenters. The molecule has 0 bridgehead atoms. The van der Waals surface area contributed by atoms with Crippen molar-refractivity contribution in [3.8, 4) is 0 Å². The lowest BCUT2D eigenvalue weighted by Gasteiger charge is -2.26. The number of aryl methyl sites for hydroxylation is 2. The van der Waals surface area contributed by atoms with Gasteiger partial charge in [-0.25, -0.2) is 4.98 Å². The molecule has 1 aromatic heterocycles. The molecule has 0 spiro atoms. The summed E-state index contributed by atoms with van der Waals surface area (Å²) >= 11 is 0. The average Bonchev–Trinajstić information content (AvgIpc) is 2.87. The van der Waals surface area contributed by atoms with Crippen molar-refractivity contribution in [2.75, 3.05) is 0 Å². The molecule has 1 unspecified atom stereocenters. The number of hydrogen-bond donors (Lipinski definition) is 0. The summed E-state index contributed by atoms with van der Waals surface area (Å²) in [5.41, 5.74) is 3.11. The van der Waals surface area contributed by atoms with Crippen molar-refractivity contribution >= 4 is 0 Å². The first kappa shape index (κ1) is 12.5. The van der Waals surface area contributed by atoms with Crippen LogP contribution in [0, 0.1) is 0 Å². The van der Waals surface area contributed by atoms with E-state index >= 15 is 0 Å². The Kier molecular flexibility index (Phi) is 3.67. The van der Waals surface area contributed by atoms with Gasteiger partial charge in [-0.1, -0.05) is 31.2 Å². The SMILES string of the molecule is CCCc1nccn1CC1CCCc2ccccc21. The maximum Gasteiger partial charge on any atom is 0.108 e. The number of hydrogen-bond acceptors (Lipinski definition) is 1. The minimum absolute atomic E-state index is 0.662. The zero-order chi connectivity index (χ0) is 13.1. The van der Waals surface area contributed by atoms with Crippen molar-refractivity contribution in [3.05, 3.63) is 53.6 Å². The van der Waals surface area contributed by atoms with Crippen LogP contribution >= 0.6 is 0 Å². The van der Waals surface area contributed by atoms with Crippen LogP contribution < -0.4 is 0 Å². The van der Waals surface area contributed by atoms with E-state index in [1.54, 1.807) is 11.1 Å². The summed E-state index contributed by atoms with van der Waals surface area (Å²) in [5, 5.41) is 0. The number of fused-ring (bicyclic) bond motifs is 1. The predicted molar refractivity (Wildman–Crippen MR) is 78.3 cm³/mol. The van der Waals surface area contributed by atoms with Gasteiger partial charge in [0.2, 0.25) is 0 Å². The number of imidazole rings is 1. The normalized spacial score (nSPS) is 18.3. The zero-order valence-corrected chi connectivity index (χ0v) is 11.7. The van der Waals surface area contributed by atoms with Crippen LogP contribution in [0.5, 0.6) is 0 Å². The van der Waals surface area contributed by atoms with E-state index in [-0.39, 0.29) is 0 Å². The molecule has 0 radical (unpaired) electrons. The van der Waals surface area contributed by atoms with Gasteiger partial charge in [0, 0.05) is 31.3 Å². The third-order valence-corrected chi connectivity index (χ3v) is 4.19. The van der Waals surface area contributed by atoms with Crippen LogP contribution in [-0.4, -0.2) is 9.55 Å². The van der Waals surface area contributed by atoms with Crippen molar-refractivity contribution in [3.63, 3.8) is 0 Å². The summed E-state index contributed by atoms with van der Waals surface area (Å²) in [7, 11) is 0. The Morgan fingerprint density at radius 1 is 1.32 bits per heavy atom. The van der Waals surface area contributed by atoms with Crippen LogP contribution in [-0.2, 0) is 19.4 Å². The molecule has 100 valence electrons. The molecule has 3 rings (SSSR count). The van der Waals surface area contributed by atoms with Gasteiger partial charge in [-0.3, -0.25) is 0 Å². The first-order valence-corrected chi connectivity index (χ1v) is 7.46. The lowest BCUT2D eigenvalue weighted by molar-refractivity contribution is 0.473. The molecular formula is C17H22N2. The number of aromatic nitrogens is 2. The second-order valence-electron chi connectivity index (χ2n) is 5.53. The van der Waals surface area contributed by atoms with E-state index in [1.165, 1.54) is 25.1 Å². The van der Waals surface area contributed by atoms with E-state index in [9.17, 15) is 0 Å². The zero-order valence-electron chi connectivity index (χ0n) is 11.7. The highest BCUT2D eigenvalue weighted by atomic mass is 15.1. The highest BCUT2D eigenvalue weighted by molar-refractivity contribution is 5.32. The average molecular weight is 254 g/mol. The molecule has 2 nitrogen and oxygen atoms in total. The summed E-state index contributed by atoms with van der Waals surface area (Å²) in [6.07, 6.45) is 10.2. The quantitative estimate of drug-likeness (QED) is 0.807. The smallest absolute Gasteiger partial charge is 0.108 e. The highest BCUT2D eigenvalue weighted by Crippen LogP contribution is 2.32. The Morgan fingerprint density at radius 3 is 3.11 bits per heavy atom. The maximum absolute atomic E-state index is 4.49. The minimum atomic E-state index is 0.662. The van der Waals surface area contributed by atoms with Crippen LogP contribution in [0.2, 0.25) is 0 Å². The molecule has 1 heterocycles. The Morgan fingerprint density at radius 2 is 2.21 bits per heavy atom. The van der Waals surface area contributed by atoms with Crippen LogP contribution in [0.3, 0.4) is 0 Å². The molecular weight excluding hydrogens is 232 g/mol. The molecule has 1 aromatic carbocycles. The molecule has 0 saturated carbocycles. The summed E-state index contributed by atoms with van der Waals surface area (Å²) in [6.45, 7) is 3.31. The van der Waals surface area contributed by atoms with Gasteiger partial charge in [-0.2, -0.15) is 0 Å². The van der Waals surface area contributed by atoms with Gasteiger partial charge >= 0.3 is 0 Å². The molecule has 2 heteroatoms. The van der Waals surface area contributed by atoms with Gasteiger partial charge in [0.15, 0.2) is 0 Å². The lowest BCUT2D eigenvalue weighted by atomic mass is 9.83. The number of rotatable bonds is 4. The Labute approximate surface area is 115 Å². The summed E-state index contributed by atoms with van der Waals surface area (Å²) < 4.78 is 2.36. The second-order valence-corrected chi connectivity index (χ2v) is 5.53. The van der Waals surface area contributed by atoms with Gasteiger partial charge in [-0.05, 0) is 36.8 Å². The Balaban J connectivity index is 1.82. The fraction of sp³-hybridized carbons (Fsp3) is 0.471. The fourth-order valence-electron chi connectivity index (χ4n) is 3.24. The molecule has 0 amide bonds. The van der Waals surface area contributed by atoms with E-state index < -0.39 is 0 Å². The van der Waals surface area contributed by atoms with Crippen LogP contribution in [0.15, 0.2) is 36.7 Å². The van der Waals surface area contributed by atoms with Crippen LogP contribution in [0.25, 0.3) is 0 Å². The summed E-state index contributed by atoms with van der Waals surface area (Å²) in [6, 6.07) is 8.96. The Hall–Kier alpha value is -1.57. The van der Waals surface area contributed by atoms with Gasteiger partial charge < -0.3 is 4.57 Å². The Bertz CT molecular complexity index is 542. The first-order valence-electron chi connectivity index (χ1n) is 7.46. The monoisotopic (exact) mass is 254 g/mol. The topological polar surface area (TPSA) is 17.8 Å². The second kappa shape index (κ2) is 5.60.